The summed E-state index contributed by atoms with van der Waals surface area (Å²) < 4.78 is 0. The van der Waals surface area contributed by atoms with Crippen molar-refractivity contribution in [2.45, 2.75) is 39.2 Å². The molecule has 2 aliphatic heterocycles. The Kier molecular flexibility index (Phi) is 6.62. The molecule has 8 heteroatoms. The molecule has 156 valence electrons. The number of piperidine rings is 2. The first-order valence-corrected chi connectivity index (χ1v) is 12.1. The average molecular weight is 433 g/mol. The summed E-state index contributed by atoms with van der Waals surface area (Å²) in [6, 6.07) is 3.73. The van der Waals surface area contributed by atoms with E-state index in [1.165, 1.54) is 35.5 Å². The molecule has 0 aromatic carbocycles. The zero-order chi connectivity index (χ0) is 20.2. The third-order valence-electron chi connectivity index (χ3n) is 5.86. The minimum Gasteiger partial charge on any atom is -0.337 e. The predicted molar refractivity (Wildman–Crippen MR) is 117 cm³/mol. The van der Waals surface area contributed by atoms with E-state index in [-0.39, 0.29) is 17.7 Å². The number of thiophene rings is 1. The van der Waals surface area contributed by atoms with Crippen molar-refractivity contribution in [1.29, 1.82) is 0 Å². The Morgan fingerprint density at radius 2 is 2.03 bits per heavy atom. The lowest BCUT2D eigenvalue weighted by atomic mass is 9.97. The lowest BCUT2D eigenvalue weighted by Crippen LogP contribution is -2.43. The molecule has 2 aromatic rings. The van der Waals surface area contributed by atoms with E-state index in [1.54, 1.807) is 0 Å². The van der Waals surface area contributed by atoms with Crippen LogP contribution in [0.1, 0.15) is 48.0 Å². The van der Waals surface area contributed by atoms with Crippen molar-refractivity contribution in [1.82, 2.24) is 14.8 Å². The molecule has 6 nitrogen and oxygen atoms in total. The number of thiazole rings is 1. The maximum Gasteiger partial charge on any atom is 0.263 e. The van der Waals surface area contributed by atoms with Crippen molar-refractivity contribution in [3.63, 3.8) is 0 Å². The molecule has 1 unspecified atom stereocenters. The van der Waals surface area contributed by atoms with E-state index < -0.39 is 0 Å². The summed E-state index contributed by atoms with van der Waals surface area (Å²) in [5.74, 6) is 0.646. The highest BCUT2D eigenvalue weighted by atomic mass is 32.1. The predicted octanol–water partition coefficient (Wildman–Crippen LogP) is 3.93. The van der Waals surface area contributed by atoms with E-state index in [0.29, 0.717) is 11.7 Å². The number of nitrogens with zero attached hydrogens (tertiary/aromatic N) is 3. The van der Waals surface area contributed by atoms with Crippen LogP contribution in [0.3, 0.4) is 0 Å². The summed E-state index contributed by atoms with van der Waals surface area (Å²) in [5.41, 5.74) is 1.03. The van der Waals surface area contributed by atoms with Crippen LogP contribution >= 0.6 is 22.7 Å². The van der Waals surface area contributed by atoms with Gasteiger partial charge in [0.2, 0.25) is 5.91 Å². The van der Waals surface area contributed by atoms with Gasteiger partial charge in [0.1, 0.15) is 0 Å². The van der Waals surface area contributed by atoms with Crippen molar-refractivity contribution >= 4 is 39.6 Å². The van der Waals surface area contributed by atoms with Gasteiger partial charge in [-0.05, 0) is 56.1 Å². The Labute approximate surface area is 179 Å². The number of rotatable bonds is 5. The van der Waals surface area contributed by atoms with E-state index in [4.69, 9.17) is 0 Å². The van der Waals surface area contributed by atoms with Crippen LogP contribution in [-0.2, 0) is 11.3 Å². The van der Waals surface area contributed by atoms with E-state index in [0.717, 1.165) is 55.5 Å². The van der Waals surface area contributed by atoms with Gasteiger partial charge in [-0.1, -0.05) is 13.0 Å². The molecule has 1 atom stereocenters. The van der Waals surface area contributed by atoms with Gasteiger partial charge in [-0.25, -0.2) is 4.98 Å². The molecule has 2 amide bonds. The minimum absolute atomic E-state index is 0.0265. The van der Waals surface area contributed by atoms with Crippen molar-refractivity contribution < 1.29 is 9.59 Å². The summed E-state index contributed by atoms with van der Waals surface area (Å²) in [4.78, 5) is 35.0. The van der Waals surface area contributed by atoms with Crippen molar-refractivity contribution in [2.24, 2.45) is 11.8 Å². The van der Waals surface area contributed by atoms with E-state index in [9.17, 15) is 9.59 Å². The molecule has 2 fully saturated rings. The average Bonchev–Trinajstić information content (AvgIpc) is 3.42. The van der Waals surface area contributed by atoms with Crippen LogP contribution in [0.5, 0.6) is 0 Å². The highest BCUT2D eigenvalue weighted by molar-refractivity contribution is 7.14. The minimum atomic E-state index is -0.177. The van der Waals surface area contributed by atoms with Gasteiger partial charge in [0.05, 0.1) is 16.5 Å². The lowest BCUT2D eigenvalue weighted by molar-refractivity contribution is -0.121. The first-order chi connectivity index (χ1) is 14.1. The van der Waals surface area contributed by atoms with E-state index in [2.05, 4.69) is 22.1 Å². The molecule has 0 aliphatic carbocycles. The Hall–Kier alpha value is -1.77. The lowest BCUT2D eigenvalue weighted by Gasteiger charge is -2.31. The van der Waals surface area contributed by atoms with Crippen LogP contribution in [0.2, 0.25) is 0 Å². The maximum absolute atomic E-state index is 12.8. The normalized spacial score (nSPS) is 21.3. The number of aromatic nitrogens is 1. The van der Waals surface area contributed by atoms with Gasteiger partial charge < -0.3 is 10.2 Å². The second-order valence-electron chi connectivity index (χ2n) is 8.16. The second-order valence-corrected chi connectivity index (χ2v) is 9.97. The molecular formula is C21H28N4O2S2. The fourth-order valence-corrected chi connectivity index (χ4v) is 5.42. The fraction of sp³-hybridized carbons (Fsp3) is 0.571. The first-order valence-electron chi connectivity index (χ1n) is 10.4. The van der Waals surface area contributed by atoms with E-state index >= 15 is 0 Å². The molecule has 2 aromatic heterocycles. The number of likely N-dealkylation sites (tertiary alicyclic amines) is 2. The molecule has 4 rings (SSSR count). The molecule has 0 spiro atoms. The number of nitrogens with one attached hydrogen (secondary N) is 1. The quantitative estimate of drug-likeness (QED) is 0.778. The first kappa shape index (κ1) is 20.5. The molecule has 2 aliphatic rings. The Morgan fingerprint density at radius 3 is 2.79 bits per heavy atom. The molecule has 0 bridgehead atoms. The van der Waals surface area contributed by atoms with Gasteiger partial charge in [-0.2, -0.15) is 0 Å². The number of amides is 2. The summed E-state index contributed by atoms with van der Waals surface area (Å²) in [7, 11) is 0. The highest BCUT2D eigenvalue weighted by Gasteiger charge is 2.29. The molecule has 29 heavy (non-hydrogen) atoms. The molecule has 2 saturated heterocycles. The largest absolute Gasteiger partial charge is 0.337 e. The van der Waals surface area contributed by atoms with E-state index in [1.807, 2.05) is 27.8 Å². The summed E-state index contributed by atoms with van der Waals surface area (Å²) in [6.45, 7) is 6.61. The van der Waals surface area contributed by atoms with Gasteiger partial charge >= 0.3 is 0 Å². The maximum atomic E-state index is 12.8. The van der Waals surface area contributed by atoms with Crippen molar-refractivity contribution in [3.05, 3.63) is 33.5 Å². The summed E-state index contributed by atoms with van der Waals surface area (Å²) in [5, 5.41) is 7.60. The number of anilines is 1. The van der Waals surface area contributed by atoms with Crippen LogP contribution in [-0.4, -0.2) is 52.8 Å². The van der Waals surface area contributed by atoms with Crippen LogP contribution in [0.4, 0.5) is 5.13 Å². The van der Waals surface area contributed by atoms with Gasteiger partial charge in [0, 0.05) is 25.0 Å². The number of hydrogen-bond acceptors (Lipinski definition) is 6. The van der Waals surface area contributed by atoms with Crippen molar-refractivity contribution in [2.75, 3.05) is 31.5 Å². The summed E-state index contributed by atoms with van der Waals surface area (Å²) >= 11 is 2.94. The van der Waals surface area contributed by atoms with Gasteiger partial charge in [-0.15, -0.1) is 22.7 Å². The zero-order valence-corrected chi connectivity index (χ0v) is 18.4. The molecular weight excluding hydrogens is 404 g/mol. The third-order valence-corrected chi connectivity index (χ3v) is 7.52. The number of hydrogen-bond donors (Lipinski definition) is 1. The van der Waals surface area contributed by atoms with Gasteiger partial charge in [0.15, 0.2) is 5.13 Å². The SMILES string of the molecule is CC1CCN(Cc2csc(NC(=O)C3CCCN(C(=O)c4cccs4)C3)n2)CC1. The van der Waals surface area contributed by atoms with Crippen LogP contribution < -0.4 is 5.32 Å². The standard InChI is InChI=1S/C21H28N4O2S2/c1-15-6-9-24(10-7-15)13-17-14-29-21(22-17)23-19(26)16-4-2-8-25(12-16)20(27)18-5-3-11-28-18/h3,5,11,14-16H,2,4,6-10,12-13H2,1H3,(H,22,23,26). The third kappa shape index (κ3) is 5.24. The van der Waals surface area contributed by atoms with Crippen molar-refractivity contribution in [3.8, 4) is 0 Å². The molecule has 0 saturated carbocycles. The smallest absolute Gasteiger partial charge is 0.263 e. The van der Waals surface area contributed by atoms with Crippen LogP contribution in [0.15, 0.2) is 22.9 Å². The second kappa shape index (κ2) is 9.36. The van der Waals surface area contributed by atoms with Crippen LogP contribution in [0.25, 0.3) is 0 Å². The summed E-state index contributed by atoms with van der Waals surface area (Å²) in [6.07, 6.45) is 4.15. The Bertz CT molecular complexity index is 828. The fourth-order valence-electron chi connectivity index (χ4n) is 4.03. The monoisotopic (exact) mass is 432 g/mol. The van der Waals surface area contributed by atoms with Gasteiger partial charge in [-0.3, -0.25) is 14.5 Å². The molecule has 1 N–H and O–H groups in total. The highest BCUT2D eigenvalue weighted by Crippen LogP contribution is 2.24. The molecule has 0 radical (unpaired) electrons. The van der Waals surface area contributed by atoms with Gasteiger partial charge in [0.25, 0.3) is 5.91 Å². The topological polar surface area (TPSA) is 65.5 Å². The zero-order valence-electron chi connectivity index (χ0n) is 16.8. The Balaban J connectivity index is 1.30. The molecule has 4 heterocycles. The van der Waals surface area contributed by atoms with Crippen LogP contribution in [0, 0.1) is 11.8 Å². The number of carbonyl (C=O) groups excluding carboxylic acids is 2. The Morgan fingerprint density at radius 1 is 1.21 bits per heavy atom. The number of carbonyl (C=O) groups is 2.